The Balaban J connectivity index is 1.74. The lowest BCUT2D eigenvalue weighted by Gasteiger charge is -2.17. The molecule has 8 heteroatoms. The molecule has 1 heterocycles. The van der Waals surface area contributed by atoms with E-state index in [1.54, 1.807) is 42.5 Å². The number of ether oxygens (including phenoxy) is 1. The molecule has 0 bridgehead atoms. The monoisotopic (exact) mass is 488 g/mol. The maximum Gasteiger partial charge on any atom is 0.339 e. The molecule has 0 aliphatic rings. The fourth-order valence-electron chi connectivity index (χ4n) is 3.82. The average molecular weight is 488 g/mol. The van der Waals surface area contributed by atoms with E-state index in [-0.39, 0.29) is 40.6 Å². The molecule has 182 valence electrons. The number of carboxylic acids is 2. The predicted molar refractivity (Wildman–Crippen MR) is 127 cm³/mol. The normalized spacial score (nSPS) is 10.7. The van der Waals surface area contributed by atoms with E-state index >= 15 is 0 Å². The van der Waals surface area contributed by atoms with Crippen molar-refractivity contribution in [1.82, 2.24) is 0 Å². The highest BCUT2D eigenvalue weighted by Crippen LogP contribution is 2.33. The molecule has 4 rings (SSSR count). The van der Waals surface area contributed by atoms with Crippen molar-refractivity contribution >= 4 is 17.7 Å². The number of hydrogen-bond donors (Lipinski definition) is 2. The minimum absolute atomic E-state index is 0.0361. The number of benzene rings is 3. The van der Waals surface area contributed by atoms with Crippen molar-refractivity contribution < 1.29 is 38.1 Å². The van der Waals surface area contributed by atoms with E-state index in [0.29, 0.717) is 12.2 Å². The van der Waals surface area contributed by atoms with Gasteiger partial charge in [-0.15, -0.1) is 0 Å². The summed E-state index contributed by atoms with van der Waals surface area (Å²) in [6.45, 7) is 1.31. The smallest absolute Gasteiger partial charge is 0.339 e. The van der Waals surface area contributed by atoms with E-state index in [1.165, 1.54) is 25.1 Å². The van der Waals surface area contributed by atoms with Crippen LogP contribution in [0.3, 0.4) is 0 Å². The molecule has 0 unspecified atom stereocenters. The second kappa shape index (κ2) is 10.3. The number of aromatic carboxylic acids is 2. The van der Waals surface area contributed by atoms with Gasteiger partial charge in [0.1, 0.15) is 29.5 Å². The van der Waals surface area contributed by atoms with Crippen molar-refractivity contribution in [2.75, 3.05) is 0 Å². The van der Waals surface area contributed by atoms with E-state index in [4.69, 9.17) is 9.15 Å². The van der Waals surface area contributed by atoms with Gasteiger partial charge < -0.3 is 19.4 Å². The molecule has 0 aliphatic carbocycles. The zero-order chi connectivity index (χ0) is 25.8. The third-order valence-electron chi connectivity index (χ3n) is 5.63. The van der Waals surface area contributed by atoms with E-state index in [1.807, 2.05) is 6.07 Å². The molecule has 2 N–H and O–H groups in total. The van der Waals surface area contributed by atoms with Gasteiger partial charge >= 0.3 is 11.9 Å². The van der Waals surface area contributed by atoms with Crippen molar-refractivity contribution in [3.63, 3.8) is 0 Å². The van der Waals surface area contributed by atoms with Crippen molar-refractivity contribution in [3.05, 3.63) is 124 Å². The van der Waals surface area contributed by atoms with Crippen LogP contribution in [0.1, 0.15) is 59.3 Å². The Morgan fingerprint density at radius 1 is 0.861 bits per heavy atom. The van der Waals surface area contributed by atoms with Gasteiger partial charge in [-0.25, -0.2) is 14.0 Å². The molecule has 0 saturated carbocycles. The summed E-state index contributed by atoms with van der Waals surface area (Å²) in [6.07, 6.45) is 0.291. The molecule has 0 atom stereocenters. The average Bonchev–Trinajstić information content (AvgIpc) is 3.32. The zero-order valence-electron chi connectivity index (χ0n) is 19.2. The van der Waals surface area contributed by atoms with Crippen molar-refractivity contribution in [2.24, 2.45) is 0 Å². The Morgan fingerprint density at radius 2 is 1.56 bits per heavy atom. The summed E-state index contributed by atoms with van der Waals surface area (Å²) in [5, 5.41) is 19.5. The summed E-state index contributed by atoms with van der Waals surface area (Å²) < 4.78 is 24.7. The lowest BCUT2D eigenvalue weighted by Crippen LogP contribution is -2.15. The minimum Gasteiger partial charge on any atom is -0.487 e. The second-order valence-electron chi connectivity index (χ2n) is 8.08. The Labute approximate surface area is 205 Å². The molecule has 0 amide bonds. The van der Waals surface area contributed by atoms with Crippen LogP contribution in [0.25, 0.3) is 0 Å². The standard InChI is InChI=1S/C28H21FO7/c1-16-21(27(31)32)14-22(26(24(16)28(33)34)35-15-18-5-3-2-4-6-18)25(30)23-12-11-20(36-23)13-17-7-9-19(29)10-8-17/h2-12,14H,13,15H2,1H3,(H,31,32)(H,33,34). The van der Waals surface area contributed by atoms with Gasteiger partial charge in [-0.1, -0.05) is 42.5 Å². The van der Waals surface area contributed by atoms with Crippen LogP contribution in [0.15, 0.2) is 77.2 Å². The number of carbonyl (C=O) groups excluding carboxylic acids is 1. The first-order chi connectivity index (χ1) is 17.2. The van der Waals surface area contributed by atoms with Gasteiger partial charge in [-0.3, -0.25) is 4.79 Å². The van der Waals surface area contributed by atoms with E-state index < -0.39 is 23.3 Å². The largest absolute Gasteiger partial charge is 0.487 e. The molecule has 1 aromatic heterocycles. The quantitative estimate of drug-likeness (QED) is 0.298. The summed E-state index contributed by atoms with van der Waals surface area (Å²) in [5.74, 6) is -3.85. The molecule has 0 aliphatic heterocycles. The second-order valence-corrected chi connectivity index (χ2v) is 8.08. The first kappa shape index (κ1) is 24.4. The van der Waals surface area contributed by atoms with Gasteiger partial charge in [0.15, 0.2) is 5.76 Å². The van der Waals surface area contributed by atoms with Crippen LogP contribution in [0.5, 0.6) is 5.75 Å². The van der Waals surface area contributed by atoms with Gasteiger partial charge in [0.25, 0.3) is 0 Å². The van der Waals surface area contributed by atoms with E-state index in [0.717, 1.165) is 17.2 Å². The summed E-state index contributed by atoms with van der Waals surface area (Å²) in [4.78, 5) is 37.4. The highest BCUT2D eigenvalue weighted by Gasteiger charge is 2.29. The fourth-order valence-corrected chi connectivity index (χ4v) is 3.82. The third kappa shape index (κ3) is 5.17. The summed E-state index contributed by atoms with van der Waals surface area (Å²) in [7, 11) is 0. The number of rotatable bonds is 9. The molecule has 0 radical (unpaired) electrons. The van der Waals surface area contributed by atoms with Crippen LogP contribution in [0.2, 0.25) is 0 Å². The first-order valence-electron chi connectivity index (χ1n) is 10.9. The van der Waals surface area contributed by atoms with E-state index in [2.05, 4.69) is 0 Å². The number of ketones is 1. The number of carboxylic acid groups (broad SMARTS) is 2. The lowest BCUT2D eigenvalue weighted by molar-refractivity contribution is 0.0690. The predicted octanol–water partition coefficient (Wildman–Crippen LogP) is 5.52. The Bertz CT molecular complexity index is 1440. The summed E-state index contributed by atoms with van der Waals surface area (Å²) in [6, 6.07) is 18.8. The van der Waals surface area contributed by atoms with Gasteiger partial charge in [0, 0.05) is 6.42 Å². The third-order valence-corrected chi connectivity index (χ3v) is 5.63. The zero-order valence-corrected chi connectivity index (χ0v) is 19.2. The van der Waals surface area contributed by atoms with Crippen LogP contribution in [-0.2, 0) is 13.0 Å². The molecular weight excluding hydrogens is 467 g/mol. The fraction of sp³-hybridized carbons (Fsp3) is 0.107. The number of hydrogen-bond acceptors (Lipinski definition) is 5. The molecule has 0 spiro atoms. The van der Waals surface area contributed by atoms with Crippen LogP contribution in [0, 0.1) is 12.7 Å². The maximum atomic E-state index is 13.4. The van der Waals surface area contributed by atoms with Crippen LogP contribution in [0.4, 0.5) is 4.39 Å². The topological polar surface area (TPSA) is 114 Å². The molecule has 0 saturated heterocycles. The van der Waals surface area contributed by atoms with Gasteiger partial charge in [-0.2, -0.15) is 0 Å². The Hall–Kier alpha value is -4.72. The summed E-state index contributed by atoms with van der Waals surface area (Å²) in [5.41, 5.74) is 0.466. The number of halogens is 1. The SMILES string of the molecule is Cc1c(C(=O)O)cc(C(=O)c2ccc(Cc3ccc(F)cc3)o2)c(OCc2ccccc2)c1C(=O)O. The lowest BCUT2D eigenvalue weighted by atomic mass is 9.94. The molecular formula is C28H21FO7. The van der Waals surface area contributed by atoms with Gasteiger partial charge in [-0.05, 0) is 53.9 Å². The number of carbonyl (C=O) groups is 3. The van der Waals surface area contributed by atoms with Crippen molar-refractivity contribution in [3.8, 4) is 5.75 Å². The molecule has 3 aromatic carbocycles. The van der Waals surface area contributed by atoms with Crippen LogP contribution in [-0.4, -0.2) is 27.9 Å². The van der Waals surface area contributed by atoms with Crippen molar-refractivity contribution in [2.45, 2.75) is 20.0 Å². The van der Waals surface area contributed by atoms with Gasteiger partial charge in [0.2, 0.25) is 5.78 Å². The molecule has 36 heavy (non-hydrogen) atoms. The first-order valence-corrected chi connectivity index (χ1v) is 10.9. The summed E-state index contributed by atoms with van der Waals surface area (Å²) >= 11 is 0. The Morgan fingerprint density at radius 3 is 2.19 bits per heavy atom. The maximum absolute atomic E-state index is 13.4. The van der Waals surface area contributed by atoms with Crippen LogP contribution < -0.4 is 4.74 Å². The highest BCUT2D eigenvalue weighted by atomic mass is 19.1. The molecule has 7 nitrogen and oxygen atoms in total. The molecule has 4 aromatic rings. The van der Waals surface area contributed by atoms with Crippen LogP contribution >= 0.6 is 0 Å². The van der Waals surface area contributed by atoms with Crippen molar-refractivity contribution in [1.29, 1.82) is 0 Å². The Kier molecular flexibility index (Phi) is 6.96. The van der Waals surface area contributed by atoms with E-state index in [9.17, 15) is 29.0 Å². The van der Waals surface area contributed by atoms with Gasteiger partial charge in [0.05, 0.1) is 11.1 Å². The number of furan rings is 1. The minimum atomic E-state index is -1.43. The highest BCUT2D eigenvalue weighted by molar-refractivity contribution is 6.13. The molecule has 0 fully saturated rings.